The smallest absolute Gasteiger partial charge is 0.328 e. The molecule has 0 aliphatic carbocycles. The first-order valence-corrected chi connectivity index (χ1v) is 9.25. The monoisotopic (exact) mass is 369 g/mol. The minimum atomic E-state index is -1.20. The first-order chi connectivity index (χ1) is 12.8. The number of nitrogens with zero attached hydrogens (tertiary/aromatic N) is 2. The molecule has 2 N–H and O–H groups in total. The Labute approximate surface area is 156 Å². The molecular formula is C20H23N3O4. The summed E-state index contributed by atoms with van der Waals surface area (Å²) in [7, 11) is 0. The van der Waals surface area contributed by atoms with Crippen LogP contribution in [0.5, 0.6) is 0 Å². The van der Waals surface area contributed by atoms with Crippen LogP contribution in [-0.4, -0.2) is 50.4 Å². The number of urea groups is 1. The summed E-state index contributed by atoms with van der Waals surface area (Å²) in [5.41, 5.74) is 1.45. The molecule has 0 spiro atoms. The largest absolute Gasteiger partial charge is 0.480 e. The van der Waals surface area contributed by atoms with E-state index in [0.29, 0.717) is 18.7 Å². The Kier molecular flexibility index (Phi) is 3.80. The fourth-order valence-corrected chi connectivity index (χ4v) is 4.46. The molecule has 4 rings (SSSR count). The summed E-state index contributed by atoms with van der Waals surface area (Å²) in [4.78, 5) is 44.1. The number of carbonyl (C=O) groups is 3. The molecule has 0 saturated carbocycles. The van der Waals surface area contributed by atoms with E-state index in [4.69, 9.17) is 0 Å². The Morgan fingerprint density at radius 2 is 2.00 bits per heavy atom. The van der Waals surface area contributed by atoms with Crippen molar-refractivity contribution < 1.29 is 19.5 Å². The first-order valence-electron chi connectivity index (χ1n) is 9.25. The number of rotatable bonds is 4. The van der Waals surface area contributed by atoms with Crippen LogP contribution in [0.25, 0.3) is 10.9 Å². The van der Waals surface area contributed by atoms with Gasteiger partial charge in [-0.05, 0) is 37.3 Å². The number of aliphatic carboxylic acids is 1. The Morgan fingerprint density at radius 3 is 2.67 bits per heavy atom. The molecule has 2 atom stereocenters. The molecule has 3 heterocycles. The van der Waals surface area contributed by atoms with E-state index in [2.05, 4.69) is 4.98 Å². The van der Waals surface area contributed by atoms with Crippen molar-refractivity contribution in [1.82, 2.24) is 14.8 Å². The minimum Gasteiger partial charge on any atom is -0.480 e. The van der Waals surface area contributed by atoms with Gasteiger partial charge in [-0.3, -0.25) is 4.79 Å². The van der Waals surface area contributed by atoms with E-state index in [-0.39, 0.29) is 12.3 Å². The molecular weight excluding hydrogens is 346 g/mol. The third kappa shape index (κ3) is 2.30. The van der Waals surface area contributed by atoms with Gasteiger partial charge in [0.05, 0.1) is 5.69 Å². The topological polar surface area (TPSA) is 93.7 Å². The van der Waals surface area contributed by atoms with Gasteiger partial charge in [0.25, 0.3) is 5.91 Å². The predicted molar refractivity (Wildman–Crippen MR) is 99.2 cm³/mol. The quantitative estimate of drug-likeness (QED) is 0.810. The van der Waals surface area contributed by atoms with Crippen molar-refractivity contribution in [3.8, 4) is 0 Å². The van der Waals surface area contributed by atoms with Crippen molar-refractivity contribution in [3.05, 3.63) is 35.5 Å². The van der Waals surface area contributed by atoms with Crippen LogP contribution in [0.2, 0.25) is 0 Å². The number of amides is 3. The second kappa shape index (κ2) is 5.84. The standard InChI is InChI=1S/C20H23N3O4/c1-11(2)10-15(17(24)25)23-18(26)20(3)16-13(8-9-22(20)19(23)27)12-6-4-5-7-14(12)21-16/h4-7,11,15,21H,8-10H2,1-3H3,(H,24,25)/t15-,20-/m0/s1. The molecule has 7 heteroatoms. The zero-order valence-corrected chi connectivity index (χ0v) is 15.7. The van der Waals surface area contributed by atoms with E-state index in [0.717, 1.165) is 21.4 Å². The van der Waals surface area contributed by atoms with Crippen LogP contribution in [0.1, 0.15) is 38.4 Å². The summed E-state index contributed by atoms with van der Waals surface area (Å²) in [6, 6.07) is 6.14. The lowest BCUT2D eigenvalue weighted by Crippen LogP contribution is -2.49. The number of para-hydroxylation sites is 1. The summed E-state index contributed by atoms with van der Waals surface area (Å²) in [6.45, 7) is 5.87. The van der Waals surface area contributed by atoms with Gasteiger partial charge in [0, 0.05) is 17.4 Å². The fourth-order valence-electron chi connectivity index (χ4n) is 4.46. The van der Waals surface area contributed by atoms with Crippen LogP contribution < -0.4 is 0 Å². The molecule has 27 heavy (non-hydrogen) atoms. The van der Waals surface area contributed by atoms with Crippen LogP contribution in [0.3, 0.4) is 0 Å². The molecule has 0 bridgehead atoms. The van der Waals surface area contributed by atoms with E-state index >= 15 is 0 Å². The Balaban J connectivity index is 1.84. The van der Waals surface area contributed by atoms with Crippen molar-refractivity contribution in [2.24, 2.45) is 5.92 Å². The van der Waals surface area contributed by atoms with E-state index in [1.165, 1.54) is 4.90 Å². The average molecular weight is 369 g/mol. The lowest BCUT2D eigenvalue weighted by Gasteiger charge is -2.36. The number of hydrogen-bond donors (Lipinski definition) is 2. The number of hydrogen-bond acceptors (Lipinski definition) is 3. The molecule has 1 fully saturated rings. The van der Waals surface area contributed by atoms with Crippen molar-refractivity contribution in [3.63, 3.8) is 0 Å². The molecule has 2 aromatic rings. The number of carboxylic acids is 1. The third-order valence-electron chi connectivity index (χ3n) is 5.79. The van der Waals surface area contributed by atoms with E-state index in [9.17, 15) is 19.5 Å². The van der Waals surface area contributed by atoms with Crippen LogP contribution in [-0.2, 0) is 21.5 Å². The third-order valence-corrected chi connectivity index (χ3v) is 5.79. The van der Waals surface area contributed by atoms with E-state index < -0.39 is 29.5 Å². The second-order valence-electron chi connectivity index (χ2n) is 7.94. The number of H-pyrrole nitrogens is 1. The highest BCUT2D eigenvalue weighted by atomic mass is 16.4. The Hall–Kier alpha value is -2.83. The number of nitrogens with one attached hydrogen (secondary N) is 1. The first kappa shape index (κ1) is 17.6. The number of aromatic amines is 1. The van der Waals surface area contributed by atoms with Crippen LogP contribution >= 0.6 is 0 Å². The summed E-state index contributed by atoms with van der Waals surface area (Å²) in [6.07, 6.45) is 0.861. The number of benzene rings is 1. The van der Waals surface area contributed by atoms with Crippen molar-refractivity contribution in [2.45, 2.75) is 45.2 Å². The number of aromatic nitrogens is 1. The zero-order valence-electron chi connectivity index (χ0n) is 15.7. The van der Waals surface area contributed by atoms with Gasteiger partial charge >= 0.3 is 12.0 Å². The summed E-state index contributed by atoms with van der Waals surface area (Å²) in [5.74, 6) is -1.57. The van der Waals surface area contributed by atoms with E-state index in [1.807, 2.05) is 38.1 Å². The lowest BCUT2D eigenvalue weighted by atomic mass is 9.87. The summed E-state index contributed by atoms with van der Waals surface area (Å²) >= 11 is 0. The van der Waals surface area contributed by atoms with Gasteiger partial charge < -0.3 is 15.0 Å². The fraction of sp³-hybridized carbons (Fsp3) is 0.450. The lowest BCUT2D eigenvalue weighted by molar-refractivity contribution is -0.148. The van der Waals surface area contributed by atoms with Crippen molar-refractivity contribution in [2.75, 3.05) is 6.54 Å². The highest BCUT2D eigenvalue weighted by Crippen LogP contribution is 2.44. The van der Waals surface area contributed by atoms with Crippen LogP contribution in [0.15, 0.2) is 24.3 Å². The molecule has 1 aromatic heterocycles. The predicted octanol–water partition coefficient (Wildman–Crippen LogP) is 2.70. The maximum atomic E-state index is 13.4. The van der Waals surface area contributed by atoms with E-state index in [1.54, 1.807) is 6.92 Å². The zero-order chi connectivity index (χ0) is 19.5. The number of imide groups is 1. The molecule has 0 radical (unpaired) electrons. The van der Waals surface area contributed by atoms with Crippen molar-refractivity contribution in [1.29, 1.82) is 0 Å². The minimum absolute atomic E-state index is 0.0424. The molecule has 142 valence electrons. The highest BCUT2D eigenvalue weighted by Gasteiger charge is 2.60. The number of carbonyl (C=O) groups excluding carboxylic acids is 2. The molecule has 3 amide bonds. The highest BCUT2D eigenvalue weighted by molar-refractivity contribution is 6.10. The van der Waals surface area contributed by atoms with Gasteiger partial charge in [0.2, 0.25) is 0 Å². The summed E-state index contributed by atoms with van der Waals surface area (Å²) < 4.78 is 0. The van der Waals surface area contributed by atoms with Gasteiger partial charge in [0.15, 0.2) is 5.54 Å². The Bertz CT molecular complexity index is 963. The average Bonchev–Trinajstić information content (AvgIpc) is 3.08. The second-order valence-corrected chi connectivity index (χ2v) is 7.94. The summed E-state index contributed by atoms with van der Waals surface area (Å²) in [5, 5.41) is 10.7. The molecule has 7 nitrogen and oxygen atoms in total. The molecule has 1 aromatic carbocycles. The van der Waals surface area contributed by atoms with Gasteiger partial charge in [-0.25, -0.2) is 14.5 Å². The maximum Gasteiger partial charge on any atom is 0.328 e. The van der Waals surface area contributed by atoms with Crippen LogP contribution in [0.4, 0.5) is 4.79 Å². The van der Waals surface area contributed by atoms with Gasteiger partial charge in [-0.15, -0.1) is 0 Å². The SMILES string of the molecule is CC(C)C[C@@H](C(=O)O)N1C(=O)N2CCc3c([nH]c4ccccc34)[C@@]2(C)C1=O. The Morgan fingerprint density at radius 1 is 1.30 bits per heavy atom. The molecule has 1 saturated heterocycles. The maximum absolute atomic E-state index is 13.4. The number of fused-ring (bicyclic) bond motifs is 5. The van der Waals surface area contributed by atoms with Crippen LogP contribution in [0, 0.1) is 5.92 Å². The van der Waals surface area contributed by atoms with Gasteiger partial charge in [-0.2, -0.15) is 0 Å². The normalized spacial score (nSPS) is 23.1. The molecule has 2 aliphatic heterocycles. The van der Waals surface area contributed by atoms with Gasteiger partial charge in [-0.1, -0.05) is 32.0 Å². The number of carboxylic acid groups (broad SMARTS) is 1. The van der Waals surface area contributed by atoms with Gasteiger partial charge in [0.1, 0.15) is 6.04 Å². The van der Waals surface area contributed by atoms with Crippen molar-refractivity contribution >= 4 is 28.8 Å². The molecule has 0 unspecified atom stereocenters. The molecule has 2 aliphatic rings.